The normalized spacial score (nSPS) is 24.5. The highest BCUT2D eigenvalue weighted by Gasteiger charge is 2.36. The Bertz CT molecular complexity index is 1200. The Labute approximate surface area is 261 Å². The van der Waals surface area contributed by atoms with Crippen LogP contribution in [0.5, 0.6) is 0 Å². The van der Waals surface area contributed by atoms with Crippen molar-refractivity contribution in [1.82, 2.24) is 9.80 Å². The van der Waals surface area contributed by atoms with Gasteiger partial charge in [-0.2, -0.15) is 0 Å². The maximum atomic E-state index is 12.6. The molecule has 0 saturated carbocycles. The van der Waals surface area contributed by atoms with E-state index in [9.17, 15) is 14.7 Å². The lowest BCUT2D eigenvalue weighted by Gasteiger charge is -2.39. The number of unbranched alkanes of at least 4 members (excludes halogenated alkanes) is 3. The average molecular weight is 608 g/mol. The van der Waals surface area contributed by atoms with E-state index in [-0.39, 0.29) is 31.1 Å². The molecule has 2 aromatic carbocycles. The number of aliphatic hydroxyl groups excluding tert-OH is 1. The number of anilines is 1. The number of carbonyl (C=O) groups is 2. The molecule has 3 saturated heterocycles. The second-order valence-electron chi connectivity index (χ2n) is 12.6. The molecule has 44 heavy (non-hydrogen) atoms. The van der Waals surface area contributed by atoms with Crippen LogP contribution in [-0.2, 0) is 25.7 Å². The van der Waals surface area contributed by atoms with Crippen LogP contribution < -0.4 is 5.32 Å². The van der Waals surface area contributed by atoms with E-state index in [0.717, 1.165) is 62.0 Å². The van der Waals surface area contributed by atoms with Crippen LogP contribution in [0.3, 0.4) is 0 Å². The Morgan fingerprint density at radius 2 is 1.64 bits per heavy atom. The van der Waals surface area contributed by atoms with E-state index < -0.39 is 12.3 Å². The first kappa shape index (κ1) is 32.6. The van der Waals surface area contributed by atoms with Gasteiger partial charge in [0.05, 0.1) is 18.8 Å². The number of benzene rings is 2. The summed E-state index contributed by atoms with van der Waals surface area (Å²) < 4.78 is 13.2. The summed E-state index contributed by atoms with van der Waals surface area (Å²) in [5.74, 6) is -0.827. The summed E-state index contributed by atoms with van der Waals surface area (Å²) in [6, 6.07) is 16.3. The van der Waals surface area contributed by atoms with Gasteiger partial charge in [-0.1, -0.05) is 49.2 Å². The third-order valence-corrected chi connectivity index (χ3v) is 9.21. The summed E-state index contributed by atoms with van der Waals surface area (Å²) >= 11 is 0. The van der Waals surface area contributed by atoms with Gasteiger partial charge in [-0.3, -0.25) is 14.5 Å². The van der Waals surface area contributed by atoms with E-state index in [1.165, 1.54) is 38.8 Å². The first-order valence-corrected chi connectivity index (χ1v) is 16.6. The standard InChI is InChI=1S/C35H49N3O6/c39-25-26-14-16-27(17-15-26)32-22-31(24-38-20-8-11-30(38)23-37-18-5-6-19-37)43-35(44-32)28-9-7-10-29(21-28)36-33(40)12-3-1-2-4-13-34(41)42/h7,9-10,14-17,21,30-32,35,39H,1-6,8,11-13,18-20,22-25H2,(H,36,40)(H,41,42). The van der Waals surface area contributed by atoms with Crippen LogP contribution in [-0.4, -0.2) is 76.8 Å². The van der Waals surface area contributed by atoms with Gasteiger partial charge in [0.25, 0.3) is 0 Å². The highest BCUT2D eigenvalue weighted by atomic mass is 16.7. The van der Waals surface area contributed by atoms with Gasteiger partial charge in [0.2, 0.25) is 5.91 Å². The molecule has 1 amide bonds. The van der Waals surface area contributed by atoms with Crippen LogP contribution in [0.4, 0.5) is 5.69 Å². The van der Waals surface area contributed by atoms with Crippen molar-refractivity contribution in [3.63, 3.8) is 0 Å². The molecule has 0 spiro atoms. The second kappa shape index (κ2) is 16.5. The molecule has 2 aromatic rings. The molecule has 3 N–H and O–H groups in total. The number of aliphatic carboxylic acids is 1. The van der Waals surface area contributed by atoms with Crippen molar-refractivity contribution >= 4 is 17.6 Å². The van der Waals surface area contributed by atoms with Crippen LogP contribution in [0.15, 0.2) is 48.5 Å². The molecule has 4 atom stereocenters. The number of likely N-dealkylation sites (tertiary alicyclic amines) is 2. The van der Waals surface area contributed by atoms with Gasteiger partial charge in [-0.15, -0.1) is 0 Å². The molecular formula is C35H49N3O6. The molecule has 5 rings (SSSR count). The molecule has 0 radical (unpaired) electrons. The SMILES string of the molecule is O=C(O)CCCCCCC(=O)Nc1cccc(C2OC(CN3CCCC3CN3CCCC3)CC(c3ccc(CO)cc3)O2)c1. The number of hydrogen-bond donors (Lipinski definition) is 3. The number of amides is 1. The molecular weight excluding hydrogens is 558 g/mol. The third-order valence-electron chi connectivity index (χ3n) is 9.21. The average Bonchev–Trinajstić information content (AvgIpc) is 3.71. The summed E-state index contributed by atoms with van der Waals surface area (Å²) in [5.41, 5.74) is 3.53. The van der Waals surface area contributed by atoms with Crippen molar-refractivity contribution in [2.24, 2.45) is 0 Å². The zero-order valence-electron chi connectivity index (χ0n) is 25.9. The molecule has 0 aromatic heterocycles. The smallest absolute Gasteiger partial charge is 0.303 e. The Balaban J connectivity index is 1.23. The summed E-state index contributed by atoms with van der Waals surface area (Å²) in [4.78, 5) is 28.5. The van der Waals surface area contributed by atoms with Gasteiger partial charge >= 0.3 is 5.97 Å². The van der Waals surface area contributed by atoms with E-state index in [2.05, 4.69) is 15.1 Å². The van der Waals surface area contributed by atoms with E-state index in [0.29, 0.717) is 24.6 Å². The Morgan fingerprint density at radius 3 is 2.39 bits per heavy atom. The zero-order valence-corrected chi connectivity index (χ0v) is 25.9. The second-order valence-corrected chi connectivity index (χ2v) is 12.6. The lowest BCUT2D eigenvalue weighted by molar-refractivity contribution is -0.253. The lowest BCUT2D eigenvalue weighted by Crippen LogP contribution is -2.45. The van der Waals surface area contributed by atoms with Gasteiger partial charge in [0.1, 0.15) is 0 Å². The van der Waals surface area contributed by atoms with Gasteiger partial charge in [-0.25, -0.2) is 0 Å². The molecule has 9 nitrogen and oxygen atoms in total. The minimum absolute atomic E-state index is 0.00480. The summed E-state index contributed by atoms with van der Waals surface area (Å²) in [7, 11) is 0. The summed E-state index contributed by atoms with van der Waals surface area (Å²) in [5, 5.41) is 21.3. The predicted molar refractivity (Wildman–Crippen MR) is 169 cm³/mol. The number of rotatable bonds is 15. The molecule has 4 unspecified atom stereocenters. The highest BCUT2D eigenvalue weighted by Crippen LogP contribution is 2.39. The predicted octanol–water partition coefficient (Wildman–Crippen LogP) is 5.65. The molecule has 3 aliphatic heterocycles. The first-order valence-electron chi connectivity index (χ1n) is 16.6. The van der Waals surface area contributed by atoms with E-state index in [4.69, 9.17) is 14.6 Å². The fourth-order valence-corrected chi connectivity index (χ4v) is 6.80. The number of nitrogens with zero attached hydrogens (tertiary/aromatic N) is 2. The fraction of sp³-hybridized carbons (Fsp3) is 0.600. The van der Waals surface area contributed by atoms with Crippen LogP contribution in [0.2, 0.25) is 0 Å². The van der Waals surface area contributed by atoms with Crippen molar-refractivity contribution in [3.8, 4) is 0 Å². The van der Waals surface area contributed by atoms with Crippen LogP contribution in [0, 0.1) is 0 Å². The largest absolute Gasteiger partial charge is 0.481 e. The van der Waals surface area contributed by atoms with E-state index in [1.54, 1.807) is 0 Å². The maximum Gasteiger partial charge on any atom is 0.303 e. The van der Waals surface area contributed by atoms with Gasteiger partial charge in [0.15, 0.2) is 6.29 Å². The third kappa shape index (κ3) is 9.59. The van der Waals surface area contributed by atoms with Gasteiger partial charge in [0, 0.05) is 49.6 Å². The number of hydrogen-bond acceptors (Lipinski definition) is 7. The molecule has 0 aliphatic carbocycles. The Hall–Kier alpha value is -2.82. The Morgan fingerprint density at radius 1 is 0.864 bits per heavy atom. The van der Waals surface area contributed by atoms with Crippen LogP contribution in [0.1, 0.15) is 99.7 Å². The molecule has 240 valence electrons. The summed E-state index contributed by atoms with van der Waals surface area (Å²) in [6.07, 6.45) is 8.71. The summed E-state index contributed by atoms with van der Waals surface area (Å²) in [6.45, 7) is 5.55. The highest BCUT2D eigenvalue weighted by molar-refractivity contribution is 5.90. The topological polar surface area (TPSA) is 112 Å². The number of ether oxygens (including phenoxy) is 2. The minimum atomic E-state index is -0.774. The van der Waals surface area contributed by atoms with Gasteiger partial charge < -0.3 is 29.9 Å². The quantitative estimate of drug-likeness (QED) is 0.223. The molecule has 9 heteroatoms. The van der Waals surface area contributed by atoms with Crippen LogP contribution >= 0.6 is 0 Å². The Kier molecular flexibility index (Phi) is 12.2. The van der Waals surface area contributed by atoms with E-state index >= 15 is 0 Å². The number of nitrogens with one attached hydrogen (secondary N) is 1. The number of carbonyl (C=O) groups excluding carboxylic acids is 1. The molecule has 3 aliphatic rings. The van der Waals surface area contributed by atoms with Crippen molar-refractivity contribution < 1.29 is 29.3 Å². The first-order chi connectivity index (χ1) is 21.5. The van der Waals surface area contributed by atoms with Crippen molar-refractivity contribution in [1.29, 1.82) is 0 Å². The zero-order chi connectivity index (χ0) is 30.7. The lowest BCUT2D eigenvalue weighted by atomic mass is 9.99. The minimum Gasteiger partial charge on any atom is -0.481 e. The number of carboxylic acid groups (broad SMARTS) is 1. The fourth-order valence-electron chi connectivity index (χ4n) is 6.80. The number of aliphatic hydroxyl groups is 1. The molecule has 3 fully saturated rings. The molecule has 3 heterocycles. The van der Waals surface area contributed by atoms with Crippen molar-refractivity contribution in [2.75, 3.05) is 38.0 Å². The monoisotopic (exact) mass is 607 g/mol. The van der Waals surface area contributed by atoms with Crippen LogP contribution in [0.25, 0.3) is 0 Å². The van der Waals surface area contributed by atoms with Crippen molar-refractivity contribution in [2.45, 2.75) is 102 Å². The maximum absolute atomic E-state index is 12.6. The van der Waals surface area contributed by atoms with E-state index in [1.807, 2.05) is 48.5 Å². The van der Waals surface area contributed by atoms with Gasteiger partial charge in [-0.05, 0) is 81.4 Å². The number of carboxylic acids is 1. The van der Waals surface area contributed by atoms with Crippen molar-refractivity contribution in [3.05, 3.63) is 65.2 Å². The molecule has 0 bridgehead atoms.